The van der Waals surface area contributed by atoms with Crippen LogP contribution >= 0.6 is 12.4 Å². The molecule has 13 heavy (non-hydrogen) atoms. The topological polar surface area (TPSA) is 35.2 Å². The van der Waals surface area contributed by atoms with Crippen molar-refractivity contribution in [3.63, 3.8) is 0 Å². The van der Waals surface area contributed by atoms with Gasteiger partial charge in [0, 0.05) is 12.5 Å². The summed E-state index contributed by atoms with van der Waals surface area (Å²) in [5.74, 6) is 1.03. The number of halogens is 1. The summed E-state index contributed by atoms with van der Waals surface area (Å²) in [6, 6.07) is 6.32. The molecule has 0 aromatic heterocycles. The molecule has 0 aliphatic carbocycles. The number of hydrogen-bond acceptors (Lipinski definition) is 2. The largest absolute Gasteiger partial charge is 0.493 e. The first-order valence-electron chi connectivity index (χ1n) is 4.28. The summed E-state index contributed by atoms with van der Waals surface area (Å²) in [6.07, 6.45) is 1.02. The fraction of sp³-hybridized carbons (Fsp3) is 0.400. The van der Waals surface area contributed by atoms with Gasteiger partial charge in [-0.1, -0.05) is 12.1 Å². The van der Waals surface area contributed by atoms with E-state index in [9.17, 15) is 0 Å². The van der Waals surface area contributed by atoms with Crippen LogP contribution in [0, 0.1) is 0 Å². The summed E-state index contributed by atoms with van der Waals surface area (Å²) in [5, 5.41) is 0. The van der Waals surface area contributed by atoms with E-state index in [-0.39, 0.29) is 18.4 Å². The van der Waals surface area contributed by atoms with Gasteiger partial charge in [0.1, 0.15) is 5.75 Å². The van der Waals surface area contributed by atoms with Gasteiger partial charge in [0.25, 0.3) is 0 Å². The van der Waals surface area contributed by atoms with Crippen molar-refractivity contribution >= 4 is 12.4 Å². The Bertz CT molecular complexity index is 299. The molecular formula is C10H14ClNO. The van der Waals surface area contributed by atoms with Gasteiger partial charge < -0.3 is 10.5 Å². The highest BCUT2D eigenvalue weighted by Crippen LogP contribution is 2.27. The van der Waals surface area contributed by atoms with E-state index in [1.165, 1.54) is 11.1 Å². The number of hydrogen-bond donors (Lipinski definition) is 1. The van der Waals surface area contributed by atoms with Crippen LogP contribution < -0.4 is 10.5 Å². The van der Waals surface area contributed by atoms with E-state index in [1.54, 1.807) is 0 Å². The molecule has 3 heteroatoms. The Morgan fingerprint density at radius 2 is 2.23 bits per heavy atom. The second-order valence-corrected chi connectivity index (χ2v) is 3.25. The molecule has 2 rings (SSSR count). The quantitative estimate of drug-likeness (QED) is 0.752. The van der Waals surface area contributed by atoms with Crippen LogP contribution in [-0.2, 0) is 6.42 Å². The second kappa shape index (κ2) is 3.99. The molecule has 2 N–H and O–H groups in total. The third-order valence-corrected chi connectivity index (χ3v) is 2.24. The first-order valence-corrected chi connectivity index (χ1v) is 4.28. The summed E-state index contributed by atoms with van der Waals surface area (Å²) in [5.41, 5.74) is 8.26. The van der Waals surface area contributed by atoms with Crippen LogP contribution in [0.1, 0.15) is 24.1 Å². The molecule has 1 aromatic carbocycles. The van der Waals surface area contributed by atoms with Gasteiger partial charge in [0.15, 0.2) is 0 Å². The van der Waals surface area contributed by atoms with Crippen molar-refractivity contribution in [1.82, 2.24) is 0 Å². The molecule has 0 radical (unpaired) electrons. The van der Waals surface area contributed by atoms with Gasteiger partial charge in [-0.15, -0.1) is 12.4 Å². The smallest absolute Gasteiger partial charge is 0.122 e. The fourth-order valence-corrected chi connectivity index (χ4v) is 1.49. The molecule has 0 fully saturated rings. The Balaban J connectivity index is 0.000000845. The Labute approximate surface area is 84.5 Å². The van der Waals surface area contributed by atoms with Crippen molar-refractivity contribution in [2.24, 2.45) is 5.73 Å². The van der Waals surface area contributed by atoms with Crippen molar-refractivity contribution in [1.29, 1.82) is 0 Å². The minimum absolute atomic E-state index is 0. The molecular weight excluding hydrogens is 186 g/mol. The van der Waals surface area contributed by atoms with Gasteiger partial charge in [-0.25, -0.2) is 0 Å². The van der Waals surface area contributed by atoms with Crippen molar-refractivity contribution < 1.29 is 4.74 Å². The highest BCUT2D eigenvalue weighted by molar-refractivity contribution is 5.85. The van der Waals surface area contributed by atoms with E-state index in [0.717, 1.165) is 18.8 Å². The van der Waals surface area contributed by atoms with Gasteiger partial charge in [0.05, 0.1) is 6.61 Å². The van der Waals surface area contributed by atoms with Crippen LogP contribution in [0.5, 0.6) is 5.75 Å². The van der Waals surface area contributed by atoms with Crippen LogP contribution in [0.2, 0.25) is 0 Å². The number of ether oxygens (including phenoxy) is 1. The SMILES string of the molecule is C[C@@H](N)c1ccc2c(c1)CCO2.Cl. The predicted octanol–water partition coefficient (Wildman–Crippen LogP) is 2.06. The number of benzene rings is 1. The summed E-state index contributed by atoms with van der Waals surface area (Å²) >= 11 is 0. The number of rotatable bonds is 1. The lowest BCUT2D eigenvalue weighted by Gasteiger charge is -2.06. The lowest BCUT2D eigenvalue weighted by Crippen LogP contribution is -2.04. The highest BCUT2D eigenvalue weighted by atomic mass is 35.5. The van der Waals surface area contributed by atoms with Crippen LogP contribution in [-0.4, -0.2) is 6.61 Å². The number of nitrogens with two attached hydrogens (primary N) is 1. The lowest BCUT2D eigenvalue weighted by molar-refractivity contribution is 0.357. The van der Waals surface area contributed by atoms with E-state index in [4.69, 9.17) is 10.5 Å². The van der Waals surface area contributed by atoms with Crippen molar-refractivity contribution in [2.45, 2.75) is 19.4 Å². The maximum absolute atomic E-state index is 5.77. The molecule has 72 valence electrons. The Morgan fingerprint density at radius 1 is 1.46 bits per heavy atom. The maximum Gasteiger partial charge on any atom is 0.122 e. The van der Waals surface area contributed by atoms with Crippen LogP contribution in [0.3, 0.4) is 0 Å². The third kappa shape index (κ3) is 1.95. The Morgan fingerprint density at radius 3 is 2.92 bits per heavy atom. The van der Waals surface area contributed by atoms with Crippen LogP contribution in [0.15, 0.2) is 18.2 Å². The zero-order valence-corrected chi connectivity index (χ0v) is 8.43. The summed E-state index contributed by atoms with van der Waals surface area (Å²) in [7, 11) is 0. The van der Waals surface area contributed by atoms with Gasteiger partial charge >= 0.3 is 0 Å². The first-order chi connectivity index (χ1) is 5.77. The highest BCUT2D eigenvalue weighted by Gasteiger charge is 2.12. The molecule has 0 spiro atoms. The van der Waals surface area contributed by atoms with Gasteiger partial charge in [0.2, 0.25) is 0 Å². The minimum atomic E-state index is 0. The van der Waals surface area contributed by atoms with E-state index in [0.29, 0.717) is 0 Å². The molecule has 1 aliphatic rings. The Kier molecular flexibility index (Phi) is 3.17. The fourth-order valence-electron chi connectivity index (χ4n) is 1.49. The second-order valence-electron chi connectivity index (χ2n) is 3.25. The van der Waals surface area contributed by atoms with Crippen LogP contribution in [0.25, 0.3) is 0 Å². The van der Waals surface area contributed by atoms with Crippen molar-refractivity contribution in [2.75, 3.05) is 6.61 Å². The van der Waals surface area contributed by atoms with E-state index < -0.39 is 0 Å². The molecule has 0 amide bonds. The molecule has 1 aromatic rings. The zero-order chi connectivity index (χ0) is 8.55. The molecule has 0 saturated heterocycles. The Hall–Kier alpha value is -0.730. The molecule has 1 aliphatic heterocycles. The average molecular weight is 200 g/mol. The maximum atomic E-state index is 5.77. The summed E-state index contributed by atoms with van der Waals surface area (Å²) in [6.45, 7) is 2.81. The molecule has 0 saturated carbocycles. The molecule has 0 unspecified atom stereocenters. The van der Waals surface area contributed by atoms with E-state index >= 15 is 0 Å². The zero-order valence-electron chi connectivity index (χ0n) is 7.62. The standard InChI is InChI=1S/C10H13NO.ClH/c1-7(11)8-2-3-10-9(6-8)4-5-12-10;/h2-3,6-7H,4-5,11H2,1H3;1H/t7-;/m1./s1. The first kappa shape index (κ1) is 10.4. The molecule has 2 nitrogen and oxygen atoms in total. The lowest BCUT2D eigenvalue weighted by atomic mass is 10.0. The third-order valence-electron chi connectivity index (χ3n) is 2.24. The minimum Gasteiger partial charge on any atom is -0.493 e. The normalized spacial score (nSPS) is 15.5. The van der Waals surface area contributed by atoms with Gasteiger partial charge in [-0.2, -0.15) is 0 Å². The van der Waals surface area contributed by atoms with Crippen molar-refractivity contribution in [3.8, 4) is 5.75 Å². The van der Waals surface area contributed by atoms with Crippen molar-refractivity contribution in [3.05, 3.63) is 29.3 Å². The number of fused-ring (bicyclic) bond motifs is 1. The van der Waals surface area contributed by atoms with E-state index in [2.05, 4.69) is 6.07 Å². The summed E-state index contributed by atoms with van der Waals surface area (Å²) in [4.78, 5) is 0. The van der Waals surface area contributed by atoms with E-state index in [1.807, 2.05) is 19.1 Å². The molecule has 1 heterocycles. The van der Waals surface area contributed by atoms with Gasteiger partial charge in [-0.05, 0) is 24.1 Å². The summed E-state index contributed by atoms with van der Waals surface area (Å²) < 4.78 is 5.39. The average Bonchev–Trinajstić information content (AvgIpc) is 2.49. The molecule has 1 atom stereocenters. The monoisotopic (exact) mass is 199 g/mol. The predicted molar refractivity (Wildman–Crippen MR) is 55.5 cm³/mol. The van der Waals surface area contributed by atoms with Crippen LogP contribution in [0.4, 0.5) is 0 Å². The molecule has 0 bridgehead atoms. The van der Waals surface area contributed by atoms with Gasteiger partial charge in [-0.3, -0.25) is 0 Å².